The van der Waals surface area contributed by atoms with Crippen molar-refractivity contribution in [3.05, 3.63) is 60.2 Å². The minimum absolute atomic E-state index is 0.0963. The molecule has 168 valence electrons. The Morgan fingerprint density at radius 1 is 1.22 bits per heavy atom. The highest BCUT2D eigenvalue weighted by molar-refractivity contribution is 7.99. The molecule has 1 amide bonds. The Hall–Kier alpha value is -2.74. The number of hydrogen-bond donors (Lipinski definition) is 1. The number of nitrogens with one attached hydrogen (secondary N) is 1. The number of halogens is 1. The lowest BCUT2D eigenvalue weighted by Crippen LogP contribution is -2.28. The fourth-order valence-electron chi connectivity index (χ4n) is 4.29. The van der Waals surface area contributed by atoms with Crippen LogP contribution in [0.5, 0.6) is 0 Å². The first-order chi connectivity index (χ1) is 15.5. The van der Waals surface area contributed by atoms with Gasteiger partial charge >= 0.3 is 0 Å². The third kappa shape index (κ3) is 5.18. The van der Waals surface area contributed by atoms with Crippen LogP contribution in [-0.4, -0.2) is 31.4 Å². The van der Waals surface area contributed by atoms with Gasteiger partial charge in [-0.05, 0) is 55.5 Å². The van der Waals surface area contributed by atoms with Crippen molar-refractivity contribution in [3.63, 3.8) is 0 Å². The zero-order chi connectivity index (χ0) is 22.5. The van der Waals surface area contributed by atoms with E-state index in [1.165, 1.54) is 43.2 Å². The molecule has 1 fully saturated rings. The summed E-state index contributed by atoms with van der Waals surface area (Å²) >= 11 is 1.40. The van der Waals surface area contributed by atoms with E-state index in [-0.39, 0.29) is 23.5 Å². The first-order valence-electron chi connectivity index (χ1n) is 11.1. The Bertz CT molecular complexity index is 1040. The number of carbonyl (C=O) groups excluding carboxylic acids is 1. The van der Waals surface area contributed by atoms with E-state index in [2.05, 4.69) is 32.0 Å². The molecular weight excluding hydrogens is 425 g/mol. The molecule has 6 nitrogen and oxygen atoms in total. The van der Waals surface area contributed by atoms with Crippen molar-refractivity contribution in [2.24, 2.45) is 5.92 Å². The number of aromatic nitrogens is 4. The molecule has 1 N–H and O–H groups in total. The molecule has 4 rings (SSSR count). The molecule has 2 aromatic heterocycles. The number of amides is 1. The molecule has 1 aliphatic carbocycles. The third-order valence-corrected chi connectivity index (χ3v) is 7.01. The number of benzene rings is 1. The van der Waals surface area contributed by atoms with Crippen LogP contribution in [0.1, 0.15) is 57.2 Å². The van der Waals surface area contributed by atoms with Crippen molar-refractivity contribution < 1.29 is 9.18 Å². The predicted molar refractivity (Wildman–Crippen MR) is 124 cm³/mol. The van der Waals surface area contributed by atoms with Gasteiger partial charge in [-0.15, -0.1) is 10.2 Å². The SMILES string of the molecule is C[C@H](NC(=O)CSc1nnc(-c2cccnc2)n1[C@@H]1CCCC[C@H]1C)c1ccc(F)cc1. The van der Waals surface area contributed by atoms with E-state index in [0.29, 0.717) is 12.0 Å². The Labute approximate surface area is 192 Å². The number of carbonyl (C=O) groups is 1. The normalized spacial score (nSPS) is 19.5. The first kappa shape index (κ1) is 22.5. The fraction of sp³-hybridized carbons (Fsp3) is 0.417. The first-order valence-corrected chi connectivity index (χ1v) is 12.0. The maximum Gasteiger partial charge on any atom is 0.230 e. The molecule has 0 radical (unpaired) electrons. The van der Waals surface area contributed by atoms with Gasteiger partial charge in [-0.25, -0.2) is 4.39 Å². The van der Waals surface area contributed by atoms with E-state index in [4.69, 9.17) is 0 Å². The van der Waals surface area contributed by atoms with Crippen LogP contribution in [0.2, 0.25) is 0 Å². The average Bonchev–Trinajstić information content (AvgIpc) is 3.23. The molecule has 0 spiro atoms. The molecule has 3 atom stereocenters. The standard InChI is InChI=1S/C24H28FN5OS/c1-16-6-3-4-8-21(16)30-23(19-7-5-13-26-14-19)28-29-24(30)32-15-22(31)27-17(2)18-9-11-20(25)12-10-18/h5,7,9-14,16-17,21H,3-4,6,8,15H2,1-2H3,(H,27,31)/t16-,17+,21-/m1/s1. The van der Waals surface area contributed by atoms with Gasteiger partial charge in [-0.1, -0.05) is 43.7 Å². The van der Waals surface area contributed by atoms with Gasteiger partial charge in [0.1, 0.15) is 5.82 Å². The van der Waals surface area contributed by atoms with Crippen LogP contribution in [-0.2, 0) is 4.79 Å². The largest absolute Gasteiger partial charge is 0.349 e. The summed E-state index contributed by atoms with van der Waals surface area (Å²) < 4.78 is 15.4. The van der Waals surface area contributed by atoms with Crippen LogP contribution in [0, 0.1) is 11.7 Å². The van der Waals surface area contributed by atoms with Crippen LogP contribution < -0.4 is 5.32 Å². The quantitative estimate of drug-likeness (QED) is 0.498. The van der Waals surface area contributed by atoms with Crippen molar-refractivity contribution in [1.29, 1.82) is 0 Å². The van der Waals surface area contributed by atoms with Crippen LogP contribution in [0.3, 0.4) is 0 Å². The molecular formula is C24H28FN5OS. The second-order valence-corrected chi connectivity index (χ2v) is 9.32. The summed E-state index contributed by atoms with van der Waals surface area (Å²) in [7, 11) is 0. The Morgan fingerprint density at radius 3 is 2.72 bits per heavy atom. The second kappa shape index (κ2) is 10.3. The molecule has 1 aromatic carbocycles. The van der Waals surface area contributed by atoms with E-state index in [0.717, 1.165) is 28.5 Å². The zero-order valence-corrected chi connectivity index (χ0v) is 19.2. The van der Waals surface area contributed by atoms with Gasteiger partial charge in [0.15, 0.2) is 11.0 Å². The molecule has 2 heterocycles. The maximum atomic E-state index is 13.2. The second-order valence-electron chi connectivity index (χ2n) is 8.38. The number of nitrogens with zero attached hydrogens (tertiary/aromatic N) is 4. The summed E-state index contributed by atoms with van der Waals surface area (Å²) in [6.45, 7) is 4.17. The van der Waals surface area contributed by atoms with Crippen molar-refractivity contribution in [1.82, 2.24) is 25.1 Å². The van der Waals surface area contributed by atoms with Gasteiger partial charge in [0, 0.05) is 24.0 Å². The highest BCUT2D eigenvalue weighted by atomic mass is 32.2. The van der Waals surface area contributed by atoms with E-state index in [1.807, 2.05) is 19.1 Å². The van der Waals surface area contributed by atoms with Crippen molar-refractivity contribution in [3.8, 4) is 11.4 Å². The molecule has 0 saturated heterocycles. The lowest BCUT2D eigenvalue weighted by molar-refractivity contribution is -0.119. The van der Waals surface area contributed by atoms with Crippen LogP contribution in [0.4, 0.5) is 4.39 Å². The zero-order valence-electron chi connectivity index (χ0n) is 18.4. The highest BCUT2D eigenvalue weighted by Gasteiger charge is 2.29. The highest BCUT2D eigenvalue weighted by Crippen LogP contribution is 2.38. The van der Waals surface area contributed by atoms with E-state index >= 15 is 0 Å². The van der Waals surface area contributed by atoms with Gasteiger partial charge in [-0.2, -0.15) is 0 Å². The van der Waals surface area contributed by atoms with E-state index in [1.54, 1.807) is 24.5 Å². The summed E-state index contributed by atoms with van der Waals surface area (Å²) in [6.07, 6.45) is 8.23. The molecule has 0 bridgehead atoms. The molecule has 8 heteroatoms. The predicted octanol–water partition coefficient (Wildman–Crippen LogP) is 5.20. The van der Waals surface area contributed by atoms with Gasteiger partial charge in [0.05, 0.1) is 11.8 Å². The molecule has 3 aromatic rings. The van der Waals surface area contributed by atoms with E-state index < -0.39 is 0 Å². The molecule has 1 aliphatic rings. The Morgan fingerprint density at radius 2 is 2.00 bits per heavy atom. The summed E-state index contributed by atoms with van der Waals surface area (Å²) in [6, 6.07) is 10.2. The fourth-order valence-corrected chi connectivity index (χ4v) is 5.10. The summed E-state index contributed by atoms with van der Waals surface area (Å²) in [5.41, 5.74) is 1.79. The van der Waals surface area contributed by atoms with Gasteiger partial charge < -0.3 is 5.32 Å². The average molecular weight is 454 g/mol. The third-order valence-electron chi connectivity index (χ3n) is 6.06. The number of hydrogen-bond acceptors (Lipinski definition) is 5. The Balaban J connectivity index is 1.50. The van der Waals surface area contributed by atoms with E-state index in [9.17, 15) is 9.18 Å². The maximum absolute atomic E-state index is 13.2. The summed E-state index contributed by atoms with van der Waals surface area (Å²) in [4.78, 5) is 16.9. The Kier molecular flexibility index (Phi) is 7.19. The van der Waals surface area contributed by atoms with Crippen LogP contribution >= 0.6 is 11.8 Å². The molecule has 0 unspecified atom stereocenters. The minimum atomic E-state index is -0.288. The van der Waals surface area contributed by atoms with Crippen LogP contribution in [0.15, 0.2) is 53.9 Å². The number of thioether (sulfide) groups is 1. The van der Waals surface area contributed by atoms with Gasteiger partial charge in [0.2, 0.25) is 5.91 Å². The lowest BCUT2D eigenvalue weighted by atomic mass is 9.85. The monoisotopic (exact) mass is 453 g/mol. The van der Waals surface area contributed by atoms with Gasteiger partial charge in [0.25, 0.3) is 0 Å². The van der Waals surface area contributed by atoms with Crippen molar-refractivity contribution in [2.75, 3.05) is 5.75 Å². The van der Waals surface area contributed by atoms with Crippen molar-refractivity contribution >= 4 is 17.7 Å². The van der Waals surface area contributed by atoms with Crippen molar-refractivity contribution in [2.45, 2.75) is 56.8 Å². The number of pyridine rings is 1. The molecule has 32 heavy (non-hydrogen) atoms. The summed E-state index contributed by atoms with van der Waals surface area (Å²) in [5.74, 6) is 1.17. The smallest absolute Gasteiger partial charge is 0.230 e. The summed E-state index contributed by atoms with van der Waals surface area (Å²) in [5, 5.41) is 12.7. The lowest BCUT2D eigenvalue weighted by Gasteiger charge is -2.31. The number of rotatable bonds is 7. The van der Waals surface area contributed by atoms with Gasteiger partial charge in [-0.3, -0.25) is 14.3 Å². The molecule has 1 saturated carbocycles. The minimum Gasteiger partial charge on any atom is -0.349 e. The van der Waals surface area contributed by atoms with Crippen LogP contribution in [0.25, 0.3) is 11.4 Å². The molecule has 0 aliphatic heterocycles. The topological polar surface area (TPSA) is 72.7 Å².